The Morgan fingerprint density at radius 1 is 1.00 bits per heavy atom. The van der Waals surface area contributed by atoms with Crippen LogP contribution in [-0.2, 0) is 19.3 Å². The van der Waals surface area contributed by atoms with Crippen LogP contribution in [0.2, 0.25) is 0 Å². The lowest BCUT2D eigenvalue weighted by Crippen LogP contribution is -2.13. The van der Waals surface area contributed by atoms with E-state index >= 15 is 0 Å². The van der Waals surface area contributed by atoms with Crippen molar-refractivity contribution in [1.82, 2.24) is 9.97 Å². The number of hydrogen-bond donors (Lipinski definition) is 1. The molecule has 1 aromatic heterocycles. The maximum Gasteiger partial charge on any atom is 0.135 e. The molecule has 0 saturated heterocycles. The van der Waals surface area contributed by atoms with Gasteiger partial charge in [0.2, 0.25) is 0 Å². The number of nitrogens with one attached hydrogen (secondary N) is 1. The minimum Gasteiger partial charge on any atom is -0.373 e. The van der Waals surface area contributed by atoms with Crippen molar-refractivity contribution in [3.63, 3.8) is 0 Å². The van der Waals surface area contributed by atoms with Crippen LogP contribution in [0.4, 0.5) is 5.82 Å². The number of benzene rings is 1. The SMILES string of the molecule is CNc1nc(Cc2cc(C)cc(C)c2)nc2c1CCCC2. The maximum absolute atomic E-state index is 4.83. The minimum absolute atomic E-state index is 0.810. The van der Waals surface area contributed by atoms with E-state index in [1.807, 2.05) is 7.05 Å². The van der Waals surface area contributed by atoms with E-state index in [4.69, 9.17) is 9.97 Å². The summed E-state index contributed by atoms with van der Waals surface area (Å²) in [5.41, 5.74) is 6.48. The summed E-state index contributed by atoms with van der Waals surface area (Å²) in [5, 5.41) is 3.25. The highest BCUT2D eigenvalue weighted by Gasteiger charge is 2.17. The summed E-state index contributed by atoms with van der Waals surface area (Å²) in [6, 6.07) is 6.67. The number of fused-ring (bicyclic) bond motifs is 1. The number of hydrogen-bond acceptors (Lipinski definition) is 3. The van der Waals surface area contributed by atoms with E-state index in [-0.39, 0.29) is 0 Å². The summed E-state index contributed by atoms with van der Waals surface area (Å²) in [7, 11) is 1.96. The molecular weight excluding hydrogens is 258 g/mol. The average molecular weight is 281 g/mol. The van der Waals surface area contributed by atoms with Gasteiger partial charge >= 0.3 is 0 Å². The molecule has 0 amide bonds. The van der Waals surface area contributed by atoms with Crippen molar-refractivity contribution in [1.29, 1.82) is 0 Å². The van der Waals surface area contributed by atoms with E-state index in [1.54, 1.807) is 0 Å². The number of nitrogens with zero attached hydrogens (tertiary/aromatic N) is 2. The van der Waals surface area contributed by atoms with E-state index in [2.05, 4.69) is 37.4 Å². The molecule has 0 saturated carbocycles. The van der Waals surface area contributed by atoms with Crippen molar-refractivity contribution in [3.8, 4) is 0 Å². The highest BCUT2D eigenvalue weighted by atomic mass is 15.0. The van der Waals surface area contributed by atoms with Crippen LogP contribution in [-0.4, -0.2) is 17.0 Å². The van der Waals surface area contributed by atoms with Gasteiger partial charge in [0.15, 0.2) is 0 Å². The molecule has 0 unspecified atom stereocenters. The molecule has 0 fully saturated rings. The lowest BCUT2D eigenvalue weighted by molar-refractivity contribution is 0.657. The number of anilines is 1. The second-order valence-corrected chi connectivity index (χ2v) is 6.04. The molecule has 3 rings (SSSR count). The molecule has 110 valence electrons. The van der Waals surface area contributed by atoms with Gasteiger partial charge in [0.05, 0.1) is 0 Å². The topological polar surface area (TPSA) is 37.8 Å². The lowest BCUT2D eigenvalue weighted by Gasteiger charge is -2.19. The molecule has 1 N–H and O–H groups in total. The van der Waals surface area contributed by atoms with Gasteiger partial charge in [0.1, 0.15) is 11.6 Å². The summed E-state index contributed by atoms with van der Waals surface area (Å²) in [4.78, 5) is 9.56. The fraction of sp³-hybridized carbons (Fsp3) is 0.444. The number of rotatable bonds is 3. The van der Waals surface area contributed by atoms with E-state index in [0.717, 1.165) is 30.9 Å². The molecular formula is C18H23N3. The van der Waals surface area contributed by atoms with Gasteiger partial charge in [-0.15, -0.1) is 0 Å². The van der Waals surface area contributed by atoms with Gasteiger partial charge in [0.25, 0.3) is 0 Å². The van der Waals surface area contributed by atoms with Crippen LogP contribution in [0, 0.1) is 13.8 Å². The zero-order valence-electron chi connectivity index (χ0n) is 13.2. The van der Waals surface area contributed by atoms with Gasteiger partial charge in [-0.05, 0) is 45.1 Å². The summed E-state index contributed by atoms with van der Waals surface area (Å²) < 4.78 is 0. The zero-order chi connectivity index (χ0) is 14.8. The van der Waals surface area contributed by atoms with Gasteiger partial charge in [-0.3, -0.25) is 0 Å². The molecule has 1 aliphatic carbocycles. The molecule has 0 aliphatic heterocycles. The van der Waals surface area contributed by atoms with Gasteiger partial charge in [-0.25, -0.2) is 9.97 Å². The fourth-order valence-electron chi connectivity index (χ4n) is 3.28. The second-order valence-electron chi connectivity index (χ2n) is 6.04. The monoisotopic (exact) mass is 281 g/mol. The Morgan fingerprint density at radius 2 is 1.71 bits per heavy atom. The average Bonchev–Trinajstić information content (AvgIpc) is 2.45. The van der Waals surface area contributed by atoms with Gasteiger partial charge in [-0.2, -0.15) is 0 Å². The van der Waals surface area contributed by atoms with Gasteiger partial charge in [-0.1, -0.05) is 29.3 Å². The lowest BCUT2D eigenvalue weighted by atomic mass is 9.96. The summed E-state index contributed by atoms with van der Waals surface area (Å²) >= 11 is 0. The van der Waals surface area contributed by atoms with Crippen LogP contribution in [0.3, 0.4) is 0 Å². The quantitative estimate of drug-likeness (QED) is 0.934. The molecule has 0 spiro atoms. The molecule has 1 aliphatic rings. The van der Waals surface area contributed by atoms with Crippen LogP contribution in [0.5, 0.6) is 0 Å². The van der Waals surface area contributed by atoms with E-state index in [0.29, 0.717) is 0 Å². The highest BCUT2D eigenvalue weighted by molar-refractivity contribution is 5.47. The Bertz CT molecular complexity index is 624. The van der Waals surface area contributed by atoms with Crippen LogP contribution in [0.15, 0.2) is 18.2 Å². The van der Waals surface area contributed by atoms with E-state index in [9.17, 15) is 0 Å². The van der Waals surface area contributed by atoms with Crippen LogP contribution >= 0.6 is 0 Å². The van der Waals surface area contributed by atoms with Crippen molar-refractivity contribution < 1.29 is 0 Å². The van der Waals surface area contributed by atoms with Crippen molar-refractivity contribution in [2.75, 3.05) is 12.4 Å². The minimum atomic E-state index is 0.810. The predicted molar refractivity (Wildman–Crippen MR) is 86.9 cm³/mol. The predicted octanol–water partition coefficient (Wildman–Crippen LogP) is 3.60. The molecule has 3 nitrogen and oxygen atoms in total. The van der Waals surface area contributed by atoms with E-state index in [1.165, 1.54) is 40.8 Å². The first-order valence-corrected chi connectivity index (χ1v) is 7.79. The van der Waals surface area contributed by atoms with Gasteiger partial charge in [0, 0.05) is 24.7 Å². The van der Waals surface area contributed by atoms with Crippen molar-refractivity contribution >= 4 is 5.82 Å². The van der Waals surface area contributed by atoms with Gasteiger partial charge < -0.3 is 5.32 Å². The largest absolute Gasteiger partial charge is 0.373 e. The molecule has 0 atom stereocenters. The van der Waals surface area contributed by atoms with Crippen LogP contribution in [0.1, 0.15) is 46.6 Å². The third-order valence-electron chi connectivity index (χ3n) is 4.11. The molecule has 21 heavy (non-hydrogen) atoms. The third kappa shape index (κ3) is 3.07. The molecule has 0 bridgehead atoms. The van der Waals surface area contributed by atoms with E-state index < -0.39 is 0 Å². The summed E-state index contributed by atoms with van der Waals surface area (Å²) in [5.74, 6) is 1.96. The Morgan fingerprint density at radius 3 is 2.43 bits per heavy atom. The zero-order valence-corrected chi connectivity index (χ0v) is 13.2. The van der Waals surface area contributed by atoms with Crippen molar-refractivity contribution in [3.05, 3.63) is 52.0 Å². The molecule has 1 aromatic carbocycles. The summed E-state index contributed by atoms with van der Waals surface area (Å²) in [6.45, 7) is 4.28. The summed E-state index contributed by atoms with van der Waals surface area (Å²) in [6.07, 6.45) is 5.50. The van der Waals surface area contributed by atoms with Crippen molar-refractivity contribution in [2.24, 2.45) is 0 Å². The first-order chi connectivity index (χ1) is 10.2. The standard InChI is InChI=1S/C18H23N3/c1-12-8-13(2)10-14(9-12)11-17-20-16-7-5-4-6-15(16)18(19-3)21-17/h8-10H,4-7,11H2,1-3H3,(H,19,20,21). The Kier molecular flexibility index (Phi) is 3.91. The molecule has 0 radical (unpaired) electrons. The third-order valence-corrected chi connectivity index (χ3v) is 4.11. The highest BCUT2D eigenvalue weighted by Crippen LogP contribution is 2.25. The Balaban J connectivity index is 1.95. The normalized spacial score (nSPS) is 13.9. The fourth-order valence-corrected chi connectivity index (χ4v) is 3.28. The first kappa shape index (κ1) is 14.1. The van der Waals surface area contributed by atoms with Crippen molar-refractivity contribution in [2.45, 2.75) is 46.0 Å². The number of aryl methyl sites for hydroxylation is 3. The first-order valence-electron chi connectivity index (χ1n) is 7.79. The van der Waals surface area contributed by atoms with Crippen LogP contribution in [0.25, 0.3) is 0 Å². The Hall–Kier alpha value is -1.90. The number of aromatic nitrogens is 2. The van der Waals surface area contributed by atoms with Crippen LogP contribution < -0.4 is 5.32 Å². The smallest absolute Gasteiger partial charge is 0.135 e. The molecule has 1 heterocycles. The Labute approximate surface area is 126 Å². The maximum atomic E-state index is 4.83. The second kappa shape index (κ2) is 5.84. The molecule has 2 aromatic rings. The molecule has 3 heteroatoms.